The minimum Gasteiger partial charge on any atom is -0.377 e. The Morgan fingerprint density at radius 3 is 2.61 bits per heavy atom. The maximum absolute atomic E-state index is 13.4. The van der Waals surface area contributed by atoms with Crippen molar-refractivity contribution in [2.75, 3.05) is 5.32 Å². The lowest BCUT2D eigenvalue weighted by Crippen LogP contribution is -2.25. The van der Waals surface area contributed by atoms with Gasteiger partial charge < -0.3 is 5.32 Å². The normalized spacial score (nSPS) is 23.7. The van der Waals surface area contributed by atoms with Crippen molar-refractivity contribution in [2.45, 2.75) is 38.6 Å². The zero-order chi connectivity index (χ0) is 13.1. The summed E-state index contributed by atoms with van der Waals surface area (Å²) in [4.78, 5) is 10.2. The third-order valence-electron chi connectivity index (χ3n) is 3.54. The van der Waals surface area contributed by atoms with Crippen LogP contribution in [0.15, 0.2) is 18.2 Å². The van der Waals surface area contributed by atoms with Gasteiger partial charge in [0.15, 0.2) is 0 Å². The number of rotatable bonds is 3. The molecular formula is C13H17FN2O2. The van der Waals surface area contributed by atoms with Crippen molar-refractivity contribution in [1.82, 2.24) is 0 Å². The highest BCUT2D eigenvalue weighted by molar-refractivity contribution is 5.62. The van der Waals surface area contributed by atoms with Gasteiger partial charge in [-0.3, -0.25) is 10.1 Å². The molecule has 0 aromatic heterocycles. The van der Waals surface area contributed by atoms with Gasteiger partial charge in [-0.25, -0.2) is 0 Å². The Kier molecular flexibility index (Phi) is 3.79. The first-order valence-electron chi connectivity index (χ1n) is 6.27. The fraction of sp³-hybridized carbons (Fsp3) is 0.538. The Bertz CT molecular complexity index is 443. The van der Waals surface area contributed by atoms with E-state index in [0.717, 1.165) is 31.7 Å². The van der Waals surface area contributed by atoms with Crippen molar-refractivity contribution in [3.8, 4) is 0 Å². The highest BCUT2D eigenvalue weighted by Crippen LogP contribution is 2.31. The molecule has 1 saturated carbocycles. The van der Waals surface area contributed by atoms with Crippen LogP contribution >= 0.6 is 0 Å². The summed E-state index contributed by atoms with van der Waals surface area (Å²) < 4.78 is 13.4. The van der Waals surface area contributed by atoms with Gasteiger partial charge in [0.25, 0.3) is 0 Å². The molecule has 0 bridgehead atoms. The van der Waals surface area contributed by atoms with Gasteiger partial charge in [0.2, 0.25) is 5.82 Å². The number of halogens is 1. The third kappa shape index (κ3) is 2.78. The van der Waals surface area contributed by atoms with E-state index < -0.39 is 16.4 Å². The van der Waals surface area contributed by atoms with Gasteiger partial charge >= 0.3 is 5.69 Å². The number of benzene rings is 1. The fourth-order valence-corrected chi connectivity index (χ4v) is 2.44. The lowest BCUT2D eigenvalue weighted by molar-refractivity contribution is -0.386. The summed E-state index contributed by atoms with van der Waals surface area (Å²) in [6.45, 7) is 2.21. The molecule has 98 valence electrons. The van der Waals surface area contributed by atoms with Crippen LogP contribution in [-0.4, -0.2) is 11.0 Å². The van der Waals surface area contributed by atoms with Crippen LogP contribution in [0.1, 0.15) is 32.6 Å². The van der Waals surface area contributed by atoms with Crippen LogP contribution < -0.4 is 5.32 Å². The molecule has 0 atom stereocenters. The number of nitro benzene ring substituents is 1. The molecule has 1 aliphatic carbocycles. The van der Waals surface area contributed by atoms with Crippen LogP contribution in [0.25, 0.3) is 0 Å². The number of nitro groups is 1. The summed E-state index contributed by atoms with van der Waals surface area (Å²) in [5.74, 6) is -0.0697. The van der Waals surface area contributed by atoms with Crippen molar-refractivity contribution < 1.29 is 9.31 Å². The standard InChI is InChI=1S/C13H17FN2O2/c1-9-5-7-10(8-6-9)15-12-4-2-3-11(14)13(12)16(17)18/h2-4,9-10,15H,5-8H2,1H3. The SMILES string of the molecule is CC1CCC(Nc2cccc(F)c2[N+](=O)[O-])CC1. The fourth-order valence-electron chi connectivity index (χ4n) is 2.44. The van der Waals surface area contributed by atoms with Crippen molar-refractivity contribution in [2.24, 2.45) is 5.92 Å². The lowest BCUT2D eigenvalue weighted by Gasteiger charge is -2.27. The molecule has 5 heteroatoms. The molecule has 0 unspecified atom stereocenters. The highest BCUT2D eigenvalue weighted by Gasteiger charge is 2.24. The average Bonchev–Trinajstić information content (AvgIpc) is 2.32. The summed E-state index contributed by atoms with van der Waals surface area (Å²) in [6, 6.07) is 4.39. The van der Waals surface area contributed by atoms with E-state index in [1.165, 1.54) is 6.07 Å². The molecule has 1 aromatic carbocycles. The van der Waals surface area contributed by atoms with Gasteiger partial charge in [0.05, 0.1) is 4.92 Å². The van der Waals surface area contributed by atoms with Gasteiger partial charge in [-0.2, -0.15) is 4.39 Å². The van der Waals surface area contributed by atoms with E-state index in [0.29, 0.717) is 11.6 Å². The minimum absolute atomic E-state index is 0.210. The van der Waals surface area contributed by atoms with E-state index in [2.05, 4.69) is 12.2 Å². The molecule has 1 N–H and O–H groups in total. The molecule has 2 rings (SSSR count). The van der Waals surface area contributed by atoms with Crippen molar-refractivity contribution >= 4 is 11.4 Å². The molecule has 1 aliphatic rings. The second-order valence-electron chi connectivity index (χ2n) is 4.99. The van der Waals surface area contributed by atoms with Gasteiger partial charge in [-0.05, 0) is 43.7 Å². The number of hydrogen-bond acceptors (Lipinski definition) is 3. The Labute approximate surface area is 105 Å². The number of nitrogens with one attached hydrogen (secondary N) is 1. The summed E-state index contributed by atoms with van der Waals surface area (Å²) in [5.41, 5.74) is -0.157. The molecule has 0 heterocycles. The average molecular weight is 252 g/mol. The van der Waals surface area contributed by atoms with E-state index in [1.54, 1.807) is 6.07 Å². The summed E-state index contributed by atoms with van der Waals surface area (Å²) in [7, 11) is 0. The molecule has 0 amide bonds. The van der Waals surface area contributed by atoms with Gasteiger partial charge in [0, 0.05) is 6.04 Å². The maximum Gasteiger partial charge on any atom is 0.327 e. The monoisotopic (exact) mass is 252 g/mol. The van der Waals surface area contributed by atoms with Gasteiger partial charge in [-0.1, -0.05) is 13.0 Å². The van der Waals surface area contributed by atoms with Crippen LogP contribution in [0.3, 0.4) is 0 Å². The predicted molar refractivity (Wildman–Crippen MR) is 68.1 cm³/mol. The Morgan fingerprint density at radius 1 is 1.33 bits per heavy atom. The van der Waals surface area contributed by atoms with Crippen LogP contribution in [0.5, 0.6) is 0 Å². The second kappa shape index (κ2) is 5.33. The summed E-state index contributed by atoms with van der Waals surface area (Å²) in [5, 5.41) is 14.0. The predicted octanol–water partition coefficient (Wildman–Crippen LogP) is 3.72. The maximum atomic E-state index is 13.4. The number of anilines is 1. The lowest BCUT2D eigenvalue weighted by atomic mass is 9.87. The van der Waals surface area contributed by atoms with Crippen LogP contribution in [0.2, 0.25) is 0 Å². The van der Waals surface area contributed by atoms with Crippen LogP contribution in [-0.2, 0) is 0 Å². The molecule has 0 spiro atoms. The number of para-hydroxylation sites is 1. The smallest absolute Gasteiger partial charge is 0.327 e. The van der Waals surface area contributed by atoms with E-state index in [-0.39, 0.29) is 6.04 Å². The first-order valence-corrected chi connectivity index (χ1v) is 6.27. The van der Waals surface area contributed by atoms with Crippen molar-refractivity contribution in [1.29, 1.82) is 0 Å². The Morgan fingerprint density at radius 2 is 2.00 bits per heavy atom. The zero-order valence-electron chi connectivity index (χ0n) is 10.4. The van der Waals surface area contributed by atoms with E-state index in [9.17, 15) is 14.5 Å². The van der Waals surface area contributed by atoms with Gasteiger partial charge in [0.1, 0.15) is 5.69 Å². The summed E-state index contributed by atoms with van der Waals surface area (Å²) in [6.07, 6.45) is 4.19. The topological polar surface area (TPSA) is 55.2 Å². The van der Waals surface area contributed by atoms with Gasteiger partial charge in [-0.15, -0.1) is 0 Å². The largest absolute Gasteiger partial charge is 0.377 e. The molecule has 4 nitrogen and oxygen atoms in total. The third-order valence-corrected chi connectivity index (χ3v) is 3.54. The molecule has 18 heavy (non-hydrogen) atoms. The Hall–Kier alpha value is -1.65. The Balaban J connectivity index is 2.14. The van der Waals surface area contributed by atoms with Crippen LogP contribution in [0.4, 0.5) is 15.8 Å². The van der Waals surface area contributed by atoms with E-state index in [1.807, 2.05) is 0 Å². The quantitative estimate of drug-likeness (QED) is 0.658. The van der Waals surface area contributed by atoms with E-state index >= 15 is 0 Å². The first-order chi connectivity index (χ1) is 8.58. The zero-order valence-corrected chi connectivity index (χ0v) is 10.4. The number of nitrogens with zero attached hydrogens (tertiary/aromatic N) is 1. The second-order valence-corrected chi connectivity index (χ2v) is 4.99. The molecule has 1 fully saturated rings. The number of hydrogen-bond donors (Lipinski definition) is 1. The molecule has 0 aliphatic heterocycles. The minimum atomic E-state index is -0.783. The van der Waals surface area contributed by atoms with E-state index in [4.69, 9.17) is 0 Å². The summed E-state index contributed by atoms with van der Waals surface area (Å²) >= 11 is 0. The highest BCUT2D eigenvalue weighted by atomic mass is 19.1. The first kappa shape index (κ1) is 12.8. The molecule has 0 saturated heterocycles. The molecular weight excluding hydrogens is 235 g/mol. The van der Waals surface area contributed by atoms with Crippen molar-refractivity contribution in [3.63, 3.8) is 0 Å². The van der Waals surface area contributed by atoms with Crippen LogP contribution in [0, 0.1) is 21.8 Å². The van der Waals surface area contributed by atoms with Crippen molar-refractivity contribution in [3.05, 3.63) is 34.1 Å². The molecule has 0 radical (unpaired) electrons. The molecule has 1 aromatic rings.